The quantitative estimate of drug-likeness (QED) is 0.860. The molecule has 2 N–H and O–H groups in total. The SMILES string of the molecule is O=C(NCCN1CCN(c2ccncc2)CC1)c1ccc(F)cc1O. The minimum Gasteiger partial charge on any atom is -0.507 e. The van der Waals surface area contributed by atoms with Gasteiger partial charge in [-0.3, -0.25) is 14.7 Å². The third-order valence-electron chi connectivity index (χ3n) is 4.32. The second kappa shape index (κ2) is 7.94. The van der Waals surface area contributed by atoms with Crippen LogP contribution in [0.1, 0.15) is 10.4 Å². The number of aromatic nitrogens is 1. The van der Waals surface area contributed by atoms with Gasteiger partial charge in [-0.25, -0.2) is 4.39 Å². The number of halogens is 1. The number of piperazine rings is 1. The minimum atomic E-state index is -0.568. The second-order valence-corrected chi connectivity index (χ2v) is 5.95. The topological polar surface area (TPSA) is 68.7 Å². The van der Waals surface area contributed by atoms with E-state index in [-0.39, 0.29) is 11.3 Å². The summed E-state index contributed by atoms with van der Waals surface area (Å²) in [5.41, 5.74) is 1.26. The molecule has 7 heteroatoms. The van der Waals surface area contributed by atoms with Gasteiger partial charge in [-0.15, -0.1) is 0 Å². The van der Waals surface area contributed by atoms with Gasteiger partial charge in [0.05, 0.1) is 5.56 Å². The van der Waals surface area contributed by atoms with Gasteiger partial charge in [-0.1, -0.05) is 0 Å². The molecule has 132 valence electrons. The number of aromatic hydroxyl groups is 1. The lowest BCUT2D eigenvalue weighted by Crippen LogP contribution is -2.48. The van der Waals surface area contributed by atoms with Crippen LogP contribution in [0.25, 0.3) is 0 Å². The maximum absolute atomic E-state index is 13.0. The number of hydrogen-bond acceptors (Lipinski definition) is 5. The first-order valence-corrected chi connectivity index (χ1v) is 8.27. The van der Waals surface area contributed by atoms with Crippen LogP contribution in [0.15, 0.2) is 42.7 Å². The molecule has 6 nitrogen and oxygen atoms in total. The average Bonchev–Trinajstić information content (AvgIpc) is 2.63. The molecule has 2 aromatic rings. The lowest BCUT2D eigenvalue weighted by Gasteiger charge is -2.36. The van der Waals surface area contributed by atoms with E-state index in [1.165, 1.54) is 11.8 Å². The summed E-state index contributed by atoms with van der Waals surface area (Å²) >= 11 is 0. The molecule has 25 heavy (non-hydrogen) atoms. The lowest BCUT2D eigenvalue weighted by molar-refractivity contribution is 0.0945. The number of pyridine rings is 1. The van der Waals surface area contributed by atoms with Crippen LogP contribution < -0.4 is 10.2 Å². The molecular formula is C18H21FN4O2. The monoisotopic (exact) mass is 344 g/mol. The molecule has 1 fully saturated rings. The summed E-state index contributed by atoms with van der Waals surface area (Å²) in [4.78, 5) is 20.7. The van der Waals surface area contributed by atoms with Crippen LogP contribution >= 0.6 is 0 Å². The highest BCUT2D eigenvalue weighted by molar-refractivity contribution is 5.96. The zero-order valence-electron chi connectivity index (χ0n) is 13.9. The molecule has 2 heterocycles. The maximum atomic E-state index is 13.0. The normalized spacial score (nSPS) is 15.2. The van der Waals surface area contributed by atoms with Crippen LogP contribution in [0.4, 0.5) is 10.1 Å². The Morgan fingerprint density at radius 1 is 1.16 bits per heavy atom. The summed E-state index contributed by atoms with van der Waals surface area (Å²) < 4.78 is 13.0. The molecule has 0 saturated carbocycles. The molecule has 3 rings (SSSR count). The van der Waals surface area contributed by atoms with E-state index >= 15 is 0 Å². The molecule has 0 radical (unpaired) electrons. The number of hydrogen-bond donors (Lipinski definition) is 2. The van der Waals surface area contributed by atoms with E-state index < -0.39 is 11.7 Å². The van der Waals surface area contributed by atoms with E-state index in [2.05, 4.69) is 20.1 Å². The smallest absolute Gasteiger partial charge is 0.255 e. The Balaban J connectivity index is 1.42. The largest absolute Gasteiger partial charge is 0.507 e. The Morgan fingerprint density at radius 3 is 2.56 bits per heavy atom. The van der Waals surface area contributed by atoms with Crippen molar-refractivity contribution >= 4 is 11.6 Å². The maximum Gasteiger partial charge on any atom is 0.255 e. The molecule has 1 amide bonds. The average molecular weight is 344 g/mol. The molecule has 0 unspecified atom stereocenters. The number of phenols is 1. The van der Waals surface area contributed by atoms with E-state index in [1.807, 2.05) is 12.1 Å². The van der Waals surface area contributed by atoms with Crippen LogP contribution in [-0.4, -0.2) is 60.2 Å². The number of phenolic OH excluding ortho intramolecular Hbond substituents is 1. The fraction of sp³-hybridized carbons (Fsp3) is 0.333. The van der Waals surface area contributed by atoms with Crippen molar-refractivity contribution in [1.82, 2.24) is 15.2 Å². The van der Waals surface area contributed by atoms with Crippen LogP contribution in [0.2, 0.25) is 0 Å². The summed E-state index contributed by atoms with van der Waals surface area (Å²) in [5.74, 6) is -1.31. The fourth-order valence-corrected chi connectivity index (χ4v) is 2.90. The predicted octanol–water partition coefficient (Wildman–Crippen LogP) is 1.48. The summed E-state index contributed by atoms with van der Waals surface area (Å²) in [6, 6.07) is 7.39. The number of carbonyl (C=O) groups excluding carboxylic acids is 1. The van der Waals surface area contributed by atoms with Gasteiger partial charge in [-0.05, 0) is 24.3 Å². The molecule has 1 aromatic carbocycles. The number of amides is 1. The minimum absolute atomic E-state index is 0.0870. The molecular weight excluding hydrogens is 323 g/mol. The highest BCUT2D eigenvalue weighted by Gasteiger charge is 2.17. The van der Waals surface area contributed by atoms with Gasteiger partial charge < -0.3 is 15.3 Å². The molecule has 1 aliphatic rings. The van der Waals surface area contributed by atoms with Gasteiger partial charge >= 0.3 is 0 Å². The molecule has 1 aromatic heterocycles. The van der Waals surface area contributed by atoms with Crippen molar-refractivity contribution in [3.05, 3.63) is 54.1 Å². The van der Waals surface area contributed by atoms with Crippen molar-refractivity contribution in [2.24, 2.45) is 0 Å². The highest BCUT2D eigenvalue weighted by atomic mass is 19.1. The second-order valence-electron chi connectivity index (χ2n) is 5.95. The fourth-order valence-electron chi connectivity index (χ4n) is 2.90. The van der Waals surface area contributed by atoms with E-state index in [4.69, 9.17) is 0 Å². The number of rotatable bonds is 5. The number of benzene rings is 1. The van der Waals surface area contributed by atoms with Crippen molar-refractivity contribution < 1.29 is 14.3 Å². The predicted molar refractivity (Wildman–Crippen MR) is 93.3 cm³/mol. The van der Waals surface area contributed by atoms with Gasteiger partial charge in [0.15, 0.2) is 0 Å². The Kier molecular flexibility index (Phi) is 5.45. The molecule has 1 saturated heterocycles. The zero-order valence-corrected chi connectivity index (χ0v) is 13.9. The zero-order chi connectivity index (χ0) is 17.6. The van der Waals surface area contributed by atoms with Crippen molar-refractivity contribution in [3.63, 3.8) is 0 Å². The van der Waals surface area contributed by atoms with Gasteiger partial charge in [0.1, 0.15) is 11.6 Å². The number of anilines is 1. The first kappa shape index (κ1) is 17.2. The Bertz CT molecular complexity index is 718. The van der Waals surface area contributed by atoms with Crippen LogP contribution in [0.5, 0.6) is 5.75 Å². The van der Waals surface area contributed by atoms with Crippen LogP contribution in [-0.2, 0) is 0 Å². The summed E-state index contributed by atoms with van der Waals surface area (Å²) in [6.45, 7) is 4.90. The van der Waals surface area contributed by atoms with E-state index in [0.29, 0.717) is 6.54 Å². The first-order valence-electron chi connectivity index (χ1n) is 8.27. The Labute approximate surface area is 145 Å². The molecule has 1 aliphatic heterocycles. The van der Waals surface area contributed by atoms with E-state index in [0.717, 1.165) is 44.9 Å². The van der Waals surface area contributed by atoms with Crippen molar-refractivity contribution in [2.75, 3.05) is 44.2 Å². The summed E-state index contributed by atoms with van der Waals surface area (Å²) in [5, 5.41) is 12.4. The highest BCUT2D eigenvalue weighted by Crippen LogP contribution is 2.18. The van der Waals surface area contributed by atoms with Gasteiger partial charge in [0.25, 0.3) is 5.91 Å². The molecule has 0 aliphatic carbocycles. The number of nitrogens with zero attached hydrogens (tertiary/aromatic N) is 3. The Morgan fingerprint density at radius 2 is 1.88 bits per heavy atom. The molecule has 0 bridgehead atoms. The van der Waals surface area contributed by atoms with E-state index in [1.54, 1.807) is 12.4 Å². The standard InChI is InChI=1S/C18H21FN4O2/c19-14-1-2-16(17(24)13-14)18(25)21-7-8-22-9-11-23(12-10-22)15-3-5-20-6-4-15/h1-6,13,24H,7-12H2,(H,21,25). The third kappa shape index (κ3) is 4.45. The first-order chi connectivity index (χ1) is 12.1. The Hall–Kier alpha value is -2.67. The molecule has 0 atom stereocenters. The van der Waals surface area contributed by atoms with E-state index in [9.17, 15) is 14.3 Å². The van der Waals surface area contributed by atoms with Crippen LogP contribution in [0, 0.1) is 5.82 Å². The molecule has 0 spiro atoms. The van der Waals surface area contributed by atoms with Crippen LogP contribution in [0.3, 0.4) is 0 Å². The lowest BCUT2D eigenvalue weighted by atomic mass is 10.2. The van der Waals surface area contributed by atoms with Gasteiger partial charge in [-0.2, -0.15) is 0 Å². The van der Waals surface area contributed by atoms with Gasteiger partial charge in [0.2, 0.25) is 0 Å². The number of carbonyl (C=O) groups is 1. The van der Waals surface area contributed by atoms with Gasteiger partial charge in [0, 0.05) is 63.4 Å². The third-order valence-corrected chi connectivity index (χ3v) is 4.32. The summed E-state index contributed by atoms with van der Waals surface area (Å²) in [6.07, 6.45) is 3.59. The van der Waals surface area contributed by atoms with Crippen molar-refractivity contribution in [1.29, 1.82) is 0 Å². The van der Waals surface area contributed by atoms with Crippen molar-refractivity contribution in [2.45, 2.75) is 0 Å². The summed E-state index contributed by atoms with van der Waals surface area (Å²) in [7, 11) is 0. The van der Waals surface area contributed by atoms with Crippen molar-refractivity contribution in [3.8, 4) is 5.75 Å². The number of nitrogens with one attached hydrogen (secondary N) is 1.